The summed E-state index contributed by atoms with van der Waals surface area (Å²) < 4.78 is 2.17. The van der Waals surface area contributed by atoms with Gasteiger partial charge in [0.2, 0.25) is 5.91 Å². The van der Waals surface area contributed by atoms with Crippen LogP contribution in [0.5, 0.6) is 0 Å². The molecular formula is C20H26N4O. The Morgan fingerprint density at radius 1 is 1.20 bits per heavy atom. The lowest BCUT2D eigenvalue weighted by molar-refractivity contribution is -0.137. The molecule has 0 unspecified atom stereocenters. The van der Waals surface area contributed by atoms with Crippen LogP contribution in [0.15, 0.2) is 42.9 Å². The minimum atomic E-state index is 0.122. The molecule has 4 rings (SSSR count). The van der Waals surface area contributed by atoms with E-state index in [1.54, 1.807) is 0 Å². The fraction of sp³-hybridized carbons (Fsp3) is 0.500. The molecule has 5 nitrogen and oxygen atoms in total. The first-order valence-corrected chi connectivity index (χ1v) is 9.34. The van der Waals surface area contributed by atoms with Crippen molar-refractivity contribution < 1.29 is 4.79 Å². The Balaban J connectivity index is 1.32. The van der Waals surface area contributed by atoms with Gasteiger partial charge < -0.3 is 14.8 Å². The summed E-state index contributed by atoms with van der Waals surface area (Å²) in [5.74, 6) is 0.454. The molecule has 0 bridgehead atoms. The van der Waals surface area contributed by atoms with E-state index in [0.717, 1.165) is 51.9 Å². The van der Waals surface area contributed by atoms with Gasteiger partial charge in [0.25, 0.3) is 0 Å². The lowest BCUT2D eigenvalue weighted by Crippen LogP contribution is -2.50. The van der Waals surface area contributed by atoms with Crippen molar-refractivity contribution in [3.05, 3.63) is 54.1 Å². The third-order valence-electron chi connectivity index (χ3n) is 5.49. The molecular weight excluding hydrogens is 312 g/mol. The van der Waals surface area contributed by atoms with Crippen LogP contribution in [0.1, 0.15) is 30.5 Å². The topological polar surface area (TPSA) is 50.2 Å². The van der Waals surface area contributed by atoms with Gasteiger partial charge in [-0.15, -0.1) is 0 Å². The highest BCUT2D eigenvalue weighted by molar-refractivity contribution is 5.79. The lowest BCUT2D eigenvalue weighted by atomic mass is 9.93. The van der Waals surface area contributed by atoms with E-state index < -0.39 is 0 Å². The maximum atomic E-state index is 13.0. The van der Waals surface area contributed by atoms with Crippen molar-refractivity contribution in [2.24, 2.45) is 5.92 Å². The Kier molecular flexibility index (Phi) is 4.83. The number of aromatic nitrogens is 2. The largest absolute Gasteiger partial charge is 0.341 e. The van der Waals surface area contributed by atoms with Crippen molar-refractivity contribution in [1.82, 2.24) is 19.8 Å². The van der Waals surface area contributed by atoms with Crippen molar-refractivity contribution >= 4 is 5.91 Å². The van der Waals surface area contributed by atoms with Crippen molar-refractivity contribution in [1.29, 1.82) is 0 Å². The molecule has 1 saturated heterocycles. The molecule has 0 radical (unpaired) electrons. The first-order chi connectivity index (χ1) is 12.3. The Hall–Kier alpha value is -2.14. The van der Waals surface area contributed by atoms with E-state index in [9.17, 15) is 4.79 Å². The highest BCUT2D eigenvalue weighted by Crippen LogP contribution is 2.23. The summed E-state index contributed by atoms with van der Waals surface area (Å²) in [5, 5.41) is 3.63. The Labute approximate surface area is 149 Å². The molecule has 2 aromatic rings. The van der Waals surface area contributed by atoms with Crippen LogP contribution in [-0.2, 0) is 24.3 Å². The van der Waals surface area contributed by atoms with Gasteiger partial charge in [-0.05, 0) is 24.8 Å². The van der Waals surface area contributed by atoms with Crippen LogP contribution in [-0.4, -0.2) is 39.5 Å². The minimum absolute atomic E-state index is 0.122. The SMILES string of the molecule is O=C([C@H]1CCn2cncc2C1)N1CCC[C@@H](NCc2ccccc2)C1. The molecule has 5 heteroatoms. The third-order valence-corrected chi connectivity index (χ3v) is 5.49. The molecule has 2 aliphatic heterocycles. The number of fused-ring (bicyclic) bond motifs is 1. The second kappa shape index (κ2) is 7.40. The van der Waals surface area contributed by atoms with Gasteiger partial charge in [-0.1, -0.05) is 30.3 Å². The summed E-state index contributed by atoms with van der Waals surface area (Å²) in [6.07, 6.45) is 7.77. The minimum Gasteiger partial charge on any atom is -0.341 e. The fourth-order valence-electron chi connectivity index (χ4n) is 4.04. The average molecular weight is 338 g/mol. The molecule has 1 amide bonds. The van der Waals surface area contributed by atoms with Crippen LogP contribution in [0.4, 0.5) is 0 Å². The van der Waals surface area contributed by atoms with Crippen molar-refractivity contribution in [2.45, 2.75) is 44.8 Å². The molecule has 2 aliphatic rings. The van der Waals surface area contributed by atoms with Gasteiger partial charge in [-0.25, -0.2) is 4.98 Å². The maximum Gasteiger partial charge on any atom is 0.226 e. The summed E-state index contributed by atoms with van der Waals surface area (Å²) in [6, 6.07) is 10.9. The van der Waals surface area contributed by atoms with Crippen molar-refractivity contribution in [3.63, 3.8) is 0 Å². The lowest BCUT2D eigenvalue weighted by Gasteiger charge is -2.36. The van der Waals surface area contributed by atoms with Gasteiger partial charge in [0, 0.05) is 56.5 Å². The van der Waals surface area contributed by atoms with E-state index in [4.69, 9.17) is 0 Å². The monoisotopic (exact) mass is 338 g/mol. The van der Waals surface area contributed by atoms with Gasteiger partial charge in [0.05, 0.1) is 6.33 Å². The number of amides is 1. The Morgan fingerprint density at radius 2 is 2.08 bits per heavy atom. The summed E-state index contributed by atoms with van der Waals surface area (Å²) in [5.41, 5.74) is 2.49. The number of nitrogens with one attached hydrogen (secondary N) is 1. The van der Waals surface area contributed by atoms with Gasteiger partial charge in [-0.3, -0.25) is 4.79 Å². The van der Waals surface area contributed by atoms with Crippen molar-refractivity contribution in [3.8, 4) is 0 Å². The van der Waals surface area contributed by atoms with Crippen LogP contribution in [0.2, 0.25) is 0 Å². The zero-order valence-corrected chi connectivity index (χ0v) is 14.6. The van der Waals surface area contributed by atoms with Gasteiger partial charge in [-0.2, -0.15) is 0 Å². The number of piperidine rings is 1. The van der Waals surface area contributed by atoms with E-state index in [2.05, 4.69) is 44.0 Å². The number of nitrogens with zero attached hydrogens (tertiary/aromatic N) is 3. The summed E-state index contributed by atoms with van der Waals surface area (Å²) in [4.78, 5) is 19.3. The zero-order valence-electron chi connectivity index (χ0n) is 14.6. The molecule has 0 aliphatic carbocycles. The molecule has 0 saturated carbocycles. The number of carbonyl (C=O) groups is 1. The summed E-state index contributed by atoms with van der Waals surface area (Å²) in [6.45, 7) is 3.52. The van der Waals surface area contributed by atoms with Gasteiger partial charge in [0.15, 0.2) is 0 Å². The molecule has 1 aromatic carbocycles. The predicted octanol–water partition coefficient (Wildman–Crippen LogP) is 2.23. The highest BCUT2D eigenvalue weighted by Gasteiger charge is 2.31. The van der Waals surface area contributed by atoms with E-state index in [1.165, 1.54) is 11.3 Å². The molecule has 2 atom stereocenters. The normalized spacial score (nSPS) is 23.3. The molecule has 1 fully saturated rings. The van der Waals surface area contributed by atoms with E-state index in [0.29, 0.717) is 11.9 Å². The standard InChI is InChI=1S/C20H26N4O/c25-20(17-8-10-24-15-21-13-19(24)11-17)23-9-4-7-18(14-23)22-12-16-5-2-1-3-6-16/h1-3,5-6,13,15,17-18,22H,4,7-12,14H2/t17-,18+/m0/s1. The molecule has 3 heterocycles. The van der Waals surface area contributed by atoms with Crippen LogP contribution >= 0.6 is 0 Å². The second-order valence-electron chi connectivity index (χ2n) is 7.26. The average Bonchev–Trinajstić information content (AvgIpc) is 3.14. The number of hydrogen-bond acceptors (Lipinski definition) is 3. The molecule has 0 spiro atoms. The number of aryl methyl sites for hydroxylation is 1. The number of rotatable bonds is 4. The van der Waals surface area contributed by atoms with Crippen molar-refractivity contribution in [2.75, 3.05) is 13.1 Å². The van der Waals surface area contributed by atoms with E-state index in [1.807, 2.05) is 18.6 Å². The maximum absolute atomic E-state index is 13.0. The van der Waals surface area contributed by atoms with Crippen LogP contribution < -0.4 is 5.32 Å². The summed E-state index contributed by atoms with van der Waals surface area (Å²) >= 11 is 0. The smallest absolute Gasteiger partial charge is 0.226 e. The number of hydrogen-bond donors (Lipinski definition) is 1. The van der Waals surface area contributed by atoms with Crippen LogP contribution in [0, 0.1) is 5.92 Å². The third kappa shape index (κ3) is 3.76. The van der Waals surface area contributed by atoms with E-state index in [-0.39, 0.29) is 5.92 Å². The number of carbonyl (C=O) groups excluding carboxylic acids is 1. The van der Waals surface area contributed by atoms with E-state index >= 15 is 0 Å². The molecule has 1 aromatic heterocycles. The number of likely N-dealkylation sites (tertiary alicyclic amines) is 1. The first-order valence-electron chi connectivity index (χ1n) is 9.34. The zero-order chi connectivity index (χ0) is 17.1. The number of imidazole rings is 1. The molecule has 25 heavy (non-hydrogen) atoms. The van der Waals surface area contributed by atoms with Crippen LogP contribution in [0.25, 0.3) is 0 Å². The Bertz CT molecular complexity index is 711. The van der Waals surface area contributed by atoms with Gasteiger partial charge in [0.1, 0.15) is 0 Å². The fourth-order valence-corrected chi connectivity index (χ4v) is 4.04. The summed E-state index contributed by atoms with van der Waals surface area (Å²) in [7, 11) is 0. The van der Waals surface area contributed by atoms with Crippen LogP contribution in [0.3, 0.4) is 0 Å². The highest BCUT2D eigenvalue weighted by atomic mass is 16.2. The Morgan fingerprint density at radius 3 is 2.96 bits per heavy atom. The second-order valence-corrected chi connectivity index (χ2v) is 7.26. The quantitative estimate of drug-likeness (QED) is 0.930. The molecule has 1 N–H and O–H groups in total. The predicted molar refractivity (Wildman–Crippen MR) is 96.9 cm³/mol. The first kappa shape index (κ1) is 16.3. The number of benzene rings is 1. The molecule has 132 valence electrons. The van der Waals surface area contributed by atoms with Gasteiger partial charge >= 0.3 is 0 Å².